The van der Waals surface area contributed by atoms with E-state index in [1.54, 1.807) is 6.08 Å². The fraction of sp³-hybridized carbons (Fsp3) is 0.692. The van der Waals surface area contributed by atoms with Gasteiger partial charge in [-0.15, -0.1) is 0 Å². The van der Waals surface area contributed by atoms with Crippen LogP contribution in [0.15, 0.2) is 12.2 Å². The van der Waals surface area contributed by atoms with Crippen molar-refractivity contribution in [1.29, 1.82) is 0 Å². The lowest BCUT2D eigenvalue weighted by Crippen LogP contribution is -2.45. The zero-order chi connectivity index (χ0) is 14.2. The summed E-state index contributed by atoms with van der Waals surface area (Å²) < 4.78 is 5.68. The molecular formula is C13H23NO4. The molecular weight excluding hydrogens is 234 g/mol. The Morgan fingerprint density at radius 3 is 2.33 bits per heavy atom. The third-order valence-electron chi connectivity index (χ3n) is 2.13. The van der Waals surface area contributed by atoms with Gasteiger partial charge in [-0.25, -0.2) is 0 Å². The number of hydrogen-bond acceptors (Lipinski definition) is 4. The second kappa shape index (κ2) is 7.87. The number of likely N-dealkylation sites (N-methyl/N-ethyl adjacent to an activating group) is 1. The first-order valence-electron chi connectivity index (χ1n) is 6.09. The first-order chi connectivity index (χ1) is 8.24. The molecule has 1 unspecified atom stereocenters. The van der Waals surface area contributed by atoms with E-state index in [1.165, 1.54) is 0 Å². The van der Waals surface area contributed by atoms with Crippen LogP contribution in [0.1, 0.15) is 26.2 Å². The van der Waals surface area contributed by atoms with E-state index in [-0.39, 0.29) is 12.8 Å². The molecule has 0 saturated heterocycles. The number of aliphatic carboxylic acids is 1. The Bertz CT molecular complexity index is 305. The number of hydrogen-bond donors (Lipinski definition) is 0. The largest absolute Gasteiger partial charge is 0.550 e. The van der Waals surface area contributed by atoms with Gasteiger partial charge in [-0.2, -0.15) is 0 Å². The van der Waals surface area contributed by atoms with Crippen molar-refractivity contribution in [3.05, 3.63) is 12.2 Å². The maximum Gasteiger partial charge on any atom is 0.310 e. The SMILES string of the molecule is CC/C=C/CC(=O)OC(CC(=O)[O-])C[N+](C)(C)C. The van der Waals surface area contributed by atoms with Gasteiger partial charge in [0.05, 0.1) is 27.6 Å². The maximum absolute atomic E-state index is 11.5. The molecule has 5 nitrogen and oxygen atoms in total. The highest BCUT2D eigenvalue weighted by Crippen LogP contribution is 2.06. The molecule has 0 aliphatic rings. The second-order valence-electron chi connectivity index (χ2n) is 5.24. The van der Waals surface area contributed by atoms with Crippen molar-refractivity contribution in [2.45, 2.75) is 32.3 Å². The number of carboxylic acids is 1. The third-order valence-corrected chi connectivity index (χ3v) is 2.13. The highest BCUT2D eigenvalue weighted by atomic mass is 16.5. The molecule has 0 saturated carbocycles. The van der Waals surface area contributed by atoms with Crippen LogP contribution in [-0.2, 0) is 14.3 Å². The summed E-state index contributed by atoms with van der Waals surface area (Å²) in [4.78, 5) is 22.1. The summed E-state index contributed by atoms with van der Waals surface area (Å²) in [5.41, 5.74) is 0. The first kappa shape index (κ1) is 16.6. The van der Waals surface area contributed by atoms with Gasteiger partial charge in [0.2, 0.25) is 0 Å². The first-order valence-corrected chi connectivity index (χ1v) is 6.09. The minimum absolute atomic E-state index is 0.175. The molecule has 0 aromatic heterocycles. The third kappa shape index (κ3) is 9.84. The van der Waals surface area contributed by atoms with E-state index in [0.717, 1.165) is 6.42 Å². The molecule has 1 atom stereocenters. The minimum atomic E-state index is -1.20. The average Bonchev–Trinajstić information content (AvgIpc) is 2.13. The van der Waals surface area contributed by atoms with Crippen LogP contribution in [0.4, 0.5) is 0 Å². The van der Waals surface area contributed by atoms with Crippen LogP contribution < -0.4 is 5.11 Å². The predicted octanol–water partition coefficient (Wildman–Crippen LogP) is 0.101. The Hall–Kier alpha value is -1.36. The van der Waals surface area contributed by atoms with Gasteiger partial charge in [0.15, 0.2) is 6.10 Å². The number of rotatable bonds is 8. The maximum atomic E-state index is 11.5. The zero-order valence-electron chi connectivity index (χ0n) is 11.6. The number of ether oxygens (including phenoxy) is 1. The predicted molar refractivity (Wildman–Crippen MR) is 66.5 cm³/mol. The normalized spacial score (nSPS) is 13.6. The minimum Gasteiger partial charge on any atom is -0.550 e. The standard InChI is InChI=1S/C13H23NO4/c1-5-6-7-8-13(17)18-11(9-12(15)16)10-14(2,3)4/h6-7,11H,5,8-10H2,1-4H3/b7-6+. The van der Waals surface area contributed by atoms with Crippen LogP contribution in [-0.4, -0.2) is 50.2 Å². The molecule has 104 valence electrons. The Morgan fingerprint density at radius 2 is 1.89 bits per heavy atom. The van der Waals surface area contributed by atoms with Crippen LogP contribution in [0, 0.1) is 0 Å². The quantitative estimate of drug-likeness (QED) is 0.351. The van der Waals surface area contributed by atoms with Crippen molar-refractivity contribution in [3.63, 3.8) is 0 Å². The number of esters is 1. The Morgan fingerprint density at radius 1 is 1.28 bits per heavy atom. The smallest absolute Gasteiger partial charge is 0.310 e. The number of nitrogens with zero attached hydrogens (tertiary/aromatic N) is 1. The lowest BCUT2D eigenvalue weighted by atomic mass is 10.2. The number of carboxylic acid groups (broad SMARTS) is 1. The van der Waals surface area contributed by atoms with Crippen LogP contribution in [0.5, 0.6) is 0 Å². The molecule has 0 bridgehead atoms. The van der Waals surface area contributed by atoms with Crippen molar-refractivity contribution in [2.75, 3.05) is 27.7 Å². The molecule has 0 amide bonds. The van der Waals surface area contributed by atoms with Crippen LogP contribution >= 0.6 is 0 Å². The van der Waals surface area contributed by atoms with Crippen molar-refractivity contribution >= 4 is 11.9 Å². The van der Waals surface area contributed by atoms with Gasteiger partial charge in [-0.3, -0.25) is 4.79 Å². The summed E-state index contributed by atoms with van der Waals surface area (Å²) in [5, 5.41) is 10.6. The monoisotopic (exact) mass is 257 g/mol. The summed E-state index contributed by atoms with van der Waals surface area (Å²) in [6.45, 7) is 2.41. The molecule has 0 aromatic rings. The fourth-order valence-electron chi connectivity index (χ4n) is 1.52. The summed E-state index contributed by atoms with van der Waals surface area (Å²) in [5.74, 6) is -1.61. The van der Waals surface area contributed by atoms with Crippen molar-refractivity contribution in [1.82, 2.24) is 0 Å². The molecule has 0 aliphatic carbocycles. The van der Waals surface area contributed by atoms with Gasteiger partial charge in [0.1, 0.15) is 6.54 Å². The number of carbonyl (C=O) groups excluding carboxylic acids is 2. The molecule has 5 heteroatoms. The summed E-state index contributed by atoms with van der Waals surface area (Å²) >= 11 is 0. The van der Waals surface area contributed by atoms with Gasteiger partial charge in [0, 0.05) is 12.4 Å². The van der Waals surface area contributed by atoms with E-state index in [1.807, 2.05) is 34.1 Å². The molecule has 0 radical (unpaired) electrons. The van der Waals surface area contributed by atoms with Crippen molar-refractivity contribution in [2.24, 2.45) is 0 Å². The summed E-state index contributed by atoms with van der Waals surface area (Å²) in [6, 6.07) is 0. The highest BCUT2D eigenvalue weighted by molar-refractivity contribution is 5.72. The molecule has 0 aromatic carbocycles. The Kier molecular flexibility index (Phi) is 7.27. The van der Waals surface area contributed by atoms with E-state index in [0.29, 0.717) is 11.0 Å². The van der Waals surface area contributed by atoms with Gasteiger partial charge < -0.3 is 19.1 Å². The van der Waals surface area contributed by atoms with Crippen LogP contribution in [0.3, 0.4) is 0 Å². The molecule has 0 aliphatic heterocycles. The van der Waals surface area contributed by atoms with Crippen molar-refractivity contribution < 1.29 is 23.9 Å². The van der Waals surface area contributed by atoms with E-state index in [2.05, 4.69) is 0 Å². The Balaban J connectivity index is 4.35. The van der Waals surface area contributed by atoms with Gasteiger partial charge in [-0.1, -0.05) is 19.1 Å². The lowest BCUT2D eigenvalue weighted by molar-refractivity contribution is -0.873. The van der Waals surface area contributed by atoms with E-state index < -0.39 is 18.0 Å². The molecule has 0 fully saturated rings. The topological polar surface area (TPSA) is 66.4 Å². The molecule has 0 N–H and O–H groups in total. The molecule has 0 spiro atoms. The summed E-state index contributed by atoms with van der Waals surface area (Å²) in [6.07, 6.45) is 3.72. The van der Waals surface area contributed by atoms with Crippen LogP contribution in [0.2, 0.25) is 0 Å². The summed E-state index contributed by atoms with van der Waals surface area (Å²) in [7, 11) is 5.73. The number of quaternary nitrogens is 1. The van der Waals surface area contributed by atoms with E-state index in [9.17, 15) is 14.7 Å². The van der Waals surface area contributed by atoms with Crippen LogP contribution in [0.25, 0.3) is 0 Å². The highest BCUT2D eigenvalue weighted by Gasteiger charge is 2.21. The molecule has 0 rings (SSSR count). The number of allylic oxidation sites excluding steroid dienone is 1. The number of carbonyl (C=O) groups is 2. The van der Waals surface area contributed by atoms with Gasteiger partial charge in [-0.05, 0) is 6.42 Å². The van der Waals surface area contributed by atoms with Crippen molar-refractivity contribution in [3.8, 4) is 0 Å². The van der Waals surface area contributed by atoms with Gasteiger partial charge >= 0.3 is 5.97 Å². The average molecular weight is 257 g/mol. The van der Waals surface area contributed by atoms with E-state index >= 15 is 0 Å². The molecule has 0 heterocycles. The zero-order valence-corrected chi connectivity index (χ0v) is 11.6. The second-order valence-corrected chi connectivity index (χ2v) is 5.24. The van der Waals surface area contributed by atoms with Gasteiger partial charge in [0.25, 0.3) is 0 Å². The fourth-order valence-corrected chi connectivity index (χ4v) is 1.52. The lowest BCUT2D eigenvalue weighted by Gasteiger charge is -2.29. The van der Waals surface area contributed by atoms with E-state index in [4.69, 9.17) is 4.74 Å². The Labute approximate surface area is 109 Å². The molecule has 18 heavy (non-hydrogen) atoms.